The van der Waals surface area contributed by atoms with Gasteiger partial charge < -0.3 is 19.4 Å². The molecular formula is C18H22O6. The van der Waals surface area contributed by atoms with Crippen LogP contribution in [0.1, 0.15) is 31.6 Å². The Balaban J connectivity index is 2.51. The van der Waals surface area contributed by atoms with Gasteiger partial charge in [0.05, 0.1) is 13.2 Å². The first-order valence-corrected chi connectivity index (χ1v) is 7.78. The van der Waals surface area contributed by atoms with Crippen LogP contribution < -0.4 is 10.2 Å². The number of methoxy groups -OCH3 is 1. The first-order valence-electron chi connectivity index (χ1n) is 7.78. The first kappa shape index (κ1) is 18.0. The van der Waals surface area contributed by atoms with E-state index >= 15 is 0 Å². The van der Waals surface area contributed by atoms with Crippen LogP contribution in [-0.2, 0) is 11.2 Å². The van der Waals surface area contributed by atoms with Crippen molar-refractivity contribution >= 4 is 16.8 Å². The number of carbonyl (C=O) groups excluding carboxylic acids is 1. The van der Waals surface area contributed by atoms with Crippen molar-refractivity contribution in [1.82, 2.24) is 0 Å². The highest BCUT2D eigenvalue weighted by Gasteiger charge is 2.23. The van der Waals surface area contributed by atoms with Crippen LogP contribution >= 0.6 is 0 Å². The maximum atomic E-state index is 12.2. The summed E-state index contributed by atoms with van der Waals surface area (Å²) in [4.78, 5) is 24.3. The van der Waals surface area contributed by atoms with Crippen LogP contribution in [0.3, 0.4) is 0 Å². The summed E-state index contributed by atoms with van der Waals surface area (Å²) in [6.07, 6.45) is -0.481. The van der Waals surface area contributed by atoms with Crippen LogP contribution in [-0.4, -0.2) is 29.2 Å². The molecular weight excluding hydrogens is 312 g/mol. The Morgan fingerprint density at radius 3 is 2.58 bits per heavy atom. The summed E-state index contributed by atoms with van der Waals surface area (Å²) in [5, 5.41) is 20.0. The van der Waals surface area contributed by atoms with Crippen LogP contribution in [0.4, 0.5) is 0 Å². The van der Waals surface area contributed by atoms with Crippen molar-refractivity contribution in [1.29, 1.82) is 0 Å². The number of aryl methyl sites for hydroxylation is 1. The number of phenolic OH excluding ortho intramolecular Hbond substituents is 1. The predicted octanol–water partition coefficient (Wildman–Crippen LogP) is 2.33. The van der Waals surface area contributed by atoms with E-state index in [1.54, 1.807) is 26.8 Å². The number of aliphatic hydroxyl groups excluding tert-OH is 1. The molecule has 24 heavy (non-hydrogen) atoms. The molecule has 1 aromatic heterocycles. The Labute approximate surface area is 139 Å². The Hall–Kier alpha value is -2.34. The lowest BCUT2D eigenvalue weighted by molar-refractivity contribution is -0.124. The number of ketones is 1. The van der Waals surface area contributed by atoms with Gasteiger partial charge in [-0.2, -0.15) is 0 Å². The Morgan fingerprint density at radius 2 is 2.00 bits per heavy atom. The van der Waals surface area contributed by atoms with Crippen molar-refractivity contribution in [3.05, 3.63) is 33.7 Å². The van der Waals surface area contributed by atoms with E-state index in [0.717, 1.165) is 0 Å². The second kappa shape index (κ2) is 7.05. The Bertz CT molecular complexity index is 818. The van der Waals surface area contributed by atoms with Gasteiger partial charge in [-0.3, -0.25) is 9.59 Å². The number of hydrogen-bond acceptors (Lipinski definition) is 6. The quantitative estimate of drug-likeness (QED) is 0.841. The van der Waals surface area contributed by atoms with E-state index in [-0.39, 0.29) is 40.8 Å². The van der Waals surface area contributed by atoms with E-state index in [1.165, 1.54) is 13.2 Å². The van der Waals surface area contributed by atoms with Crippen molar-refractivity contribution in [2.24, 2.45) is 5.92 Å². The van der Waals surface area contributed by atoms with Crippen molar-refractivity contribution in [3.63, 3.8) is 0 Å². The molecule has 1 aromatic carbocycles. The SMILES string of the molecule is COc1cc2oc(C)cc(=O)c2c(O)c1CC(C)C(=O)CC(C)O. The molecule has 6 heteroatoms. The minimum absolute atomic E-state index is 0.0408. The Morgan fingerprint density at radius 1 is 1.33 bits per heavy atom. The fraction of sp³-hybridized carbons (Fsp3) is 0.444. The minimum Gasteiger partial charge on any atom is -0.507 e. The molecule has 0 bridgehead atoms. The average Bonchev–Trinajstić information content (AvgIpc) is 2.47. The number of Topliss-reactive ketones (excluding diaryl/α,β-unsaturated/α-hetero) is 1. The van der Waals surface area contributed by atoms with Crippen molar-refractivity contribution in [2.45, 2.75) is 39.7 Å². The van der Waals surface area contributed by atoms with Crippen molar-refractivity contribution in [3.8, 4) is 11.5 Å². The Kier molecular flexibility index (Phi) is 5.29. The van der Waals surface area contributed by atoms with Crippen LogP contribution in [0.2, 0.25) is 0 Å². The van der Waals surface area contributed by atoms with Crippen LogP contribution in [0.5, 0.6) is 11.5 Å². The molecule has 2 rings (SSSR count). The van der Waals surface area contributed by atoms with Crippen molar-refractivity contribution in [2.75, 3.05) is 7.11 Å². The van der Waals surface area contributed by atoms with Gasteiger partial charge >= 0.3 is 0 Å². The van der Waals surface area contributed by atoms with Gasteiger partial charge in [0.1, 0.15) is 34.0 Å². The molecule has 2 aromatic rings. The van der Waals surface area contributed by atoms with Gasteiger partial charge in [-0.05, 0) is 20.3 Å². The highest BCUT2D eigenvalue weighted by atomic mass is 16.5. The van der Waals surface area contributed by atoms with E-state index < -0.39 is 12.0 Å². The van der Waals surface area contributed by atoms with E-state index in [9.17, 15) is 19.8 Å². The van der Waals surface area contributed by atoms with E-state index in [4.69, 9.17) is 9.15 Å². The normalized spacial score (nSPS) is 13.7. The summed E-state index contributed by atoms with van der Waals surface area (Å²) in [7, 11) is 1.44. The lowest BCUT2D eigenvalue weighted by Gasteiger charge is -2.16. The summed E-state index contributed by atoms with van der Waals surface area (Å²) in [6.45, 7) is 4.91. The summed E-state index contributed by atoms with van der Waals surface area (Å²) in [5.74, 6) is -0.000689. The maximum Gasteiger partial charge on any atom is 0.196 e. The smallest absolute Gasteiger partial charge is 0.196 e. The summed E-state index contributed by atoms with van der Waals surface area (Å²) in [6, 6.07) is 2.85. The van der Waals surface area contributed by atoms with Gasteiger partial charge in [0.2, 0.25) is 0 Å². The lowest BCUT2D eigenvalue weighted by atomic mass is 9.92. The number of ether oxygens (including phenoxy) is 1. The molecule has 0 aliphatic heterocycles. The topological polar surface area (TPSA) is 97.0 Å². The van der Waals surface area contributed by atoms with Crippen LogP contribution in [0.15, 0.2) is 21.3 Å². The van der Waals surface area contributed by atoms with Gasteiger partial charge in [0.25, 0.3) is 0 Å². The van der Waals surface area contributed by atoms with Crippen LogP contribution in [0.25, 0.3) is 11.0 Å². The molecule has 6 nitrogen and oxygen atoms in total. The second-order valence-electron chi connectivity index (χ2n) is 6.13. The number of aromatic hydroxyl groups is 1. The monoisotopic (exact) mass is 334 g/mol. The number of phenols is 1. The number of fused-ring (bicyclic) bond motifs is 1. The number of hydrogen-bond donors (Lipinski definition) is 2. The fourth-order valence-corrected chi connectivity index (χ4v) is 2.73. The minimum atomic E-state index is -0.720. The third-order valence-corrected chi connectivity index (χ3v) is 3.96. The standard InChI is InChI=1S/C18H22O6/c1-9(13(20)6-10(2)19)5-12-15(23-4)8-16-17(18(12)22)14(21)7-11(3)24-16/h7-10,19,22H,5-6H2,1-4H3. The molecule has 0 saturated heterocycles. The summed E-state index contributed by atoms with van der Waals surface area (Å²) < 4.78 is 10.8. The molecule has 1 heterocycles. The van der Waals surface area contributed by atoms with E-state index in [1.807, 2.05) is 0 Å². The zero-order valence-electron chi connectivity index (χ0n) is 14.3. The van der Waals surface area contributed by atoms with Gasteiger partial charge in [0, 0.05) is 30.0 Å². The number of carbonyl (C=O) groups is 1. The lowest BCUT2D eigenvalue weighted by Crippen LogP contribution is -2.19. The van der Waals surface area contributed by atoms with E-state index in [2.05, 4.69) is 0 Å². The third-order valence-electron chi connectivity index (χ3n) is 3.96. The molecule has 0 aliphatic carbocycles. The summed E-state index contributed by atoms with van der Waals surface area (Å²) >= 11 is 0. The van der Waals surface area contributed by atoms with Crippen molar-refractivity contribution < 1.29 is 24.2 Å². The molecule has 0 saturated carbocycles. The van der Waals surface area contributed by atoms with Gasteiger partial charge in [-0.1, -0.05) is 6.92 Å². The molecule has 0 aliphatic rings. The molecule has 0 radical (unpaired) electrons. The molecule has 2 unspecified atom stereocenters. The molecule has 2 atom stereocenters. The number of benzene rings is 1. The van der Waals surface area contributed by atoms with Gasteiger partial charge in [-0.15, -0.1) is 0 Å². The second-order valence-corrected chi connectivity index (χ2v) is 6.13. The van der Waals surface area contributed by atoms with E-state index in [0.29, 0.717) is 17.1 Å². The zero-order chi connectivity index (χ0) is 18.0. The fourth-order valence-electron chi connectivity index (χ4n) is 2.73. The highest BCUT2D eigenvalue weighted by Crippen LogP contribution is 2.36. The van der Waals surface area contributed by atoms with Crippen LogP contribution in [0, 0.1) is 12.8 Å². The number of rotatable bonds is 6. The molecule has 0 spiro atoms. The molecule has 130 valence electrons. The molecule has 0 fully saturated rings. The zero-order valence-corrected chi connectivity index (χ0v) is 14.3. The third kappa shape index (κ3) is 3.59. The molecule has 0 amide bonds. The average molecular weight is 334 g/mol. The number of aliphatic hydroxyl groups is 1. The highest BCUT2D eigenvalue weighted by molar-refractivity contribution is 5.88. The van der Waals surface area contributed by atoms with Gasteiger partial charge in [0.15, 0.2) is 5.43 Å². The predicted molar refractivity (Wildman–Crippen MR) is 89.6 cm³/mol. The maximum absolute atomic E-state index is 12.2. The largest absolute Gasteiger partial charge is 0.507 e. The first-order chi connectivity index (χ1) is 11.2. The summed E-state index contributed by atoms with van der Waals surface area (Å²) in [5.41, 5.74) is 0.270. The molecule has 2 N–H and O–H groups in total. The van der Waals surface area contributed by atoms with Gasteiger partial charge in [-0.25, -0.2) is 0 Å².